The molecule has 0 aliphatic carbocycles. The number of amides is 1. The van der Waals surface area contributed by atoms with Gasteiger partial charge in [0.25, 0.3) is 11.9 Å². The number of ether oxygens (including phenoxy) is 3. The van der Waals surface area contributed by atoms with Crippen molar-refractivity contribution in [3.8, 4) is 5.75 Å². The van der Waals surface area contributed by atoms with Gasteiger partial charge in [-0.2, -0.15) is 4.39 Å². The molecular weight excluding hydrogens is 391 g/mol. The minimum Gasteiger partial charge on any atom is -0.487 e. The van der Waals surface area contributed by atoms with E-state index in [2.05, 4.69) is 10.3 Å². The second-order valence-electron chi connectivity index (χ2n) is 8.32. The second kappa shape index (κ2) is 6.15. The van der Waals surface area contributed by atoms with Crippen LogP contribution in [0.3, 0.4) is 0 Å². The van der Waals surface area contributed by atoms with E-state index in [9.17, 15) is 9.18 Å². The van der Waals surface area contributed by atoms with Crippen LogP contribution in [-0.4, -0.2) is 42.3 Å². The molecule has 3 N–H and O–H groups in total. The number of pyridine rings is 1. The zero-order chi connectivity index (χ0) is 21.1. The summed E-state index contributed by atoms with van der Waals surface area (Å²) in [4.78, 5) is 20.8. The number of aromatic nitrogens is 1. The maximum atomic E-state index is 13.0. The fourth-order valence-corrected chi connectivity index (χ4v) is 4.57. The summed E-state index contributed by atoms with van der Waals surface area (Å²) in [6.07, 6.45) is 1.19. The van der Waals surface area contributed by atoms with Crippen LogP contribution in [0, 0.1) is 11.4 Å². The summed E-state index contributed by atoms with van der Waals surface area (Å²) in [6.45, 7) is 5.21. The Labute approximate surface area is 172 Å². The van der Waals surface area contributed by atoms with Gasteiger partial charge < -0.3 is 25.3 Å². The number of halogens is 1. The number of hydrogen-bond donors (Lipinski definition) is 2. The minimum absolute atomic E-state index is 0.122. The molecule has 3 aliphatic rings. The summed E-state index contributed by atoms with van der Waals surface area (Å²) < 4.78 is 30.6. The van der Waals surface area contributed by atoms with Crippen LogP contribution >= 0.6 is 0 Å². The third kappa shape index (κ3) is 2.44. The average Bonchev–Trinajstić information content (AvgIpc) is 3.03. The number of nitrogens with two attached hydrogens (primary N) is 1. The first-order valence-electron chi connectivity index (χ1n) is 9.59. The molecule has 1 saturated heterocycles. The minimum atomic E-state index is -0.787. The van der Waals surface area contributed by atoms with Gasteiger partial charge in [-0.15, -0.1) is 0 Å². The van der Waals surface area contributed by atoms with Crippen molar-refractivity contribution in [2.75, 3.05) is 25.1 Å². The van der Waals surface area contributed by atoms with E-state index in [1.165, 1.54) is 12.3 Å². The van der Waals surface area contributed by atoms with E-state index < -0.39 is 28.4 Å². The van der Waals surface area contributed by atoms with Gasteiger partial charge in [-0.05, 0) is 44.2 Å². The van der Waals surface area contributed by atoms with Gasteiger partial charge in [0, 0.05) is 17.4 Å². The van der Waals surface area contributed by atoms with Crippen molar-refractivity contribution < 1.29 is 23.4 Å². The third-order valence-corrected chi connectivity index (χ3v) is 6.41. The SMILES string of the molecule is CC1(C)Oc2ccc(NC(=O)c3ccc(F)nc3)cc2C2(COC(N)=N2)C12COC2. The Morgan fingerprint density at radius 2 is 2.00 bits per heavy atom. The predicted molar refractivity (Wildman–Crippen MR) is 106 cm³/mol. The fourth-order valence-electron chi connectivity index (χ4n) is 4.57. The van der Waals surface area contributed by atoms with Gasteiger partial charge in [0.15, 0.2) is 0 Å². The van der Waals surface area contributed by atoms with Crippen molar-refractivity contribution in [1.82, 2.24) is 4.98 Å². The number of rotatable bonds is 2. The topological polar surface area (TPSA) is 108 Å². The molecule has 1 atom stereocenters. The number of hydrogen-bond acceptors (Lipinski definition) is 7. The van der Waals surface area contributed by atoms with Crippen molar-refractivity contribution in [1.29, 1.82) is 0 Å². The Morgan fingerprint density at radius 1 is 1.20 bits per heavy atom. The van der Waals surface area contributed by atoms with Gasteiger partial charge >= 0.3 is 0 Å². The molecule has 1 aromatic heterocycles. The highest BCUT2D eigenvalue weighted by Crippen LogP contribution is 2.62. The first-order chi connectivity index (χ1) is 14.3. The Kier molecular flexibility index (Phi) is 3.85. The Hall–Kier alpha value is -3.20. The number of aliphatic imine (C=N–C) groups is 1. The molecule has 2 aromatic rings. The van der Waals surface area contributed by atoms with Gasteiger partial charge in [-0.1, -0.05) is 0 Å². The van der Waals surface area contributed by atoms with Gasteiger partial charge in [-0.25, -0.2) is 9.98 Å². The number of nitrogens with one attached hydrogen (secondary N) is 1. The molecule has 0 radical (unpaired) electrons. The van der Waals surface area contributed by atoms with Crippen LogP contribution < -0.4 is 15.8 Å². The number of anilines is 1. The van der Waals surface area contributed by atoms with E-state index in [4.69, 9.17) is 24.9 Å². The number of amidine groups is 1. The van der Waals surface area contributed by atoms with Crippen LogP contribution in [0.2, 0.25) is 0 Å². The van der Waals surface area contributed by atoms with Crippen molar-refractivity contribution in [2.24, 2.45) is 16.1 Å². The molecule has 1 unspecified atom stereocenters. The molecule has 3 aliphatic heterocycles. The molecular formula is C21H21FN4O4. The average molecular weight is 412 g/mol. The Balaban J connectivity index is 1.56. The highest BCUT2D eigenvalue weighted by molar-refractivity contribution is 6.04. The summed E-state index contributed by atoms with van der Waals surface area (Å²) in [5, 5.41) is 2.82. The maximum absolute atomic E-state index is 13.0. The van der Waals surface area contributed by atoms with Crippen LogP contribution in [-0.2, 0) is 15.0 Å². The van der Waals surface area contributed by atoms with Crippen LogP contribution in [0.4, 0.5) is 10.1 Å². The van der Waals surface area contributed by atoms with Gasteiger partial charge in [0.1, 0.15) is 23.5 Å². The third-order valence-electron chi connectivity index (χ3n) is 6.41. The van der Waals surface area contributed by atoms with Gasteiger partial charge in [-0.3, -0.25) is 4.79 Å². The Morgan fingerprint density at radius 3 is 2.60 bits per heavy atom. The van der Waals surface area contributed by atoms with E-state index in [1.54, 1.807) is 12.1 Å². The van der Waals surface area contributed by atoms with Crippen molar-refractivity contribution in [3.05, 3.63) is 53.6 Å². The monoisotopic (exact) mass is 412 g/mol. The van der Waals surface area contributed by atoms with Crippen LogP contribution in [0.15, 0.2) is 41.5 Å². The summed E-state index contributed by atoms with van der Waals surface area (Å²) in [6, 6.07) is 8.01. The molecule has 30 heavy (non-hydrogen) atoms. The van der Waals surface area contributed by atoms with Crippen LogP contribution in [0.1, 0.15) is 29.8 Å². The summed E-state index contributed by atoms with van der Waals surface area (Å²) in [5.74, 6) is -0.395. The normalized spacial score (nSPS) is 25.0. The zero-order valence-corrected chi connectivity index (χ0v) is 16.6. The lowest BCUT2D eigenvalue weighted by molar-refractivity contribution is -0.247. The highest BCUT2D eigenvalue weighted by Gasteiger charge is 2.71. The molecule has 1 fully saturated rings. The predicted octanol–water partition coefficient (Wildman–Crippen LogP) is 2.20. The van der Waals surface area contributed by atoms with E-state index in [0.717, 1.165) is 11.6 Å². The van der Waals surface area contributed by atoms with E-state index in [0.29, 0.717) is 24.7 Å². The Bertz CT molecular complexity index is 1070. The lowest BCUT2D eigenvalue weighted by Gasteiger charge is -2.61. The number of fused-ring (bicyclic) bond motifs is 3. The number of carbonyl (C=O) groups excluding carboxylic acids is 1. The van der Waals surface area contributed by atoms with E-state index >= 15 is 0 Å². The first kappa shape index (κ1) is 18.8. The smallest absolute Gasteiger partial charge is 0.283 e. The van der Waals surface area contributed by atoms with Crippen LogP contribution in [0.25, 0.3) is 0 Å². The molecule has 156 valence electrons. The molecule has 0 saturated carbocycles. The molecule has 1 amide bonds. The number of benzene rings is 1. The lowest BCUT2D eigenvalue weighted by atomic mass is 9.55. The number of carbonyl (C=O) groups is 1. The lowest BCUT2D eigenvalue weighted by Crippen LogP contribution is -2.71. The van der Waals surface area contributed by atoms with Crippen molar-refractivity contribution in [3.63, 3.8) is 0 Å². The largest absolute Gasteiger partial charge is 0.487 e. The molecule has 4 heterocycles. The molecule has 0 bridgehead atoms. The van der Waals surface area contributed by atoms with Crippen LogP contribution in [0.5, 0.6) is 5.75 Å². The first-order valence-corrected chi connectivity index (χ1v) is 9.59. The van der Waals surface area contributed by atoms with Gasteiger partial charge in [0.2, 0.25) is 5.95 Å². The van der Waals surface area contributed by atoms with E-state index in [-0.39, 0.29) is 18.2 Å². The van der Waals surface area contributed by atoms with Crippen molar-refractivity contribution >= 4 is 17.6 Å². The molecule has 5 rings (SSSR count). The maximum Gasteiger partial charge on any atom is 0.283 e. The van der Waals surface area contributed by atoms with Gasteiger partial charge in [0.05, 0.1) is 24.2 Å². The molecule has 1 aromatic carbocycles. The summed E-state index contributed by atoms with van der Waals surface area (Å²) in [7, 11) is 0. The highest BCUT2D eigenvalue weighted by atomic mass is 19.1. The number of nitrogens with zero attached hydrogens (tertiary/aromatic N) is 2. The molecule has 9 heteroatoms. The second-order valence-corrected chi connectivity index (χ2v) is 8.32. The molecule has 8 nitrogen and oxygen atoms in total. The molecule has 2 spiro atoms. The van der Waals surface area contributed by atoms with E-state index in [1.807, 2.05) is 19.9 Å². The zero-order valence-electron chi connectivity index (χ0n) is 16.6. The fraction of sp³-hybridized carbons (Fsp3) is 0.381. The summed E-state index contributed by atoms with van der Waals surface area (Å²) in [5.41, 5.74) is 5.68. The standard InChI is InChI=1S/C21H21FN4O4/c1-19(2)20(9-28-10-20)21(11-29-18(23)26-21)14-7-13(4-5-15(14)30-19)25-17(27)12-3-6-16(22)24-8-12/h3-8H,9-11H2,1-2H3,(H2,23,26)(H,25,27). The van der Waals surface area contributed by atoms with Crippen molar-refractivity contribution in [2.45, 2.75) is 25.0 Å². The summed E-state index contributed by atoms with van der Waals surface area (Å²) >= 11 is 0. The quantitative estimate of drug-likeness (QED) is 0.732.